The highest BCUT2D eigenvalue weighted by molar-refractivity contribution is 5.24. The van der Waals surface area contributed by atoms with Crippen molar-refractivity contribution in [3.8, 4) is 0 Å². The van der Waals surface area contributed by atoms with E-state index in [0.29, 0.717) is 0 Å². The van der Waals surface area contributed by atoms with Gasteiger partial charge in [0.2, 0.25) is 0 Å². The number of hydrogen-bond donors (Lipinski definition) is 1. The number of benzene rings is 1. The largest absolute Gasteiger partial charge is 0.372 e. The van der Waals surface area contributed by atoms with E-state index in [0.717, 1.165) is 25.6 Å². The molecule has 1 aromatic rings. The van der Waals surface area contributed by atoms with Crippen LogP contribution in [0.4, 0.5) is 0 Å². The van der Waals surface area contributed by atoms with Crippen LogP contribution >= 0.6 is 0 Å². The Morgan fingerprint density at radius 1 is 1.39 bits per heavy atom. The molecule has 18 heavy (non-hydrogen) atoms. The molecule has 0 radical (unpaired) electrons. The number of rotatable bonds is 8. The van der Waals surface area contributed by atoms with Gasteiger partial charge in [0.1, 0.15) is 0 Å². The van der Waals surface area contributed by atoms with Crippen molar-refractivity contribution in [2.24, 2.45) is 5.92 Å². The van der Waals surface area contributed by atoms with Crippen molar-refractivity contribution in [1.82, 2.24) is 5.32 Å². The maximum atomic E-state index is 6.07. The molecule has 1 aliphatic carbocycles. The highest BCUT2D eigenvalue weighted by Crippen LogP contribution is 2.32. The summed E-state index contributed by atoms with van der Waals surface area (Å²) in [5.74, 6) is 0.947. The molecule has 1 saturated carbocycles. The molecule has 0 aromatic heterocycles. The van der Waals surface area contributed by atoms with Gasteiger partial charge in [-0.05, 0) is 31.4 Å². The van der Waals surface area contributed by atoms with Crippen molar-refractivity contribution < 1.29 is 4.74 Å². The van der Waals surface area contributed by atoms with Gasteiger partial charge < -0.3 is 10.1 Å². The van der Waals surface area contributed by atoms with Crippen LogP contribution in [0, 0.1) is 12.8 Å². The van der Waals surface area contributed by atoms with Crippen LogP contribution in [0.2, 0.25) is 0 Å². The van der Waals surface area contributed by atoms with E-state index in [2.05, 4.69) is 43.4 Å². The quantitative estimate of drug-likeness (QED) is 0.759. The van der Waals surface area contributed by atoms with E-state index in [4.69, 9.17) is 4.74 Å². The van der Waals surface area contributed by atoms with Crippen molar-refractivity contribution in [2.75, 3.05) is 19.7 Å². The SMILES string of the molecule is CCNCC(OCCC1CC1)c1cccc(C)c1. The molecule has 2 nitrogen and oxygen atoms in total. The maximum absolute atomic E-state index is 6.07. The van der Waals surface area contributed by atoms with Crippen LogP contribution in [0.3, 0.4) is 0 Å². The van der Waals surface area contributed by atoms with E-state index in [1.807, 2.05) is 0 Å². The van der Waals surface area contributed by atoms with E-state index < -0.39 is 0 Å². The van der Waals surface area contributed by atoms with Crippen molar-refractivity contribution in [2.45, 2.75) is 39.2 Å². The van der Waals surface area contributed by atoms with E-state index in [-0.39, 0.29) is 6.10 Å². The van der Waals surface area contributed by atoms with Crippen LogP contribution in [0.15, 0.2) is 24.3 Å². The normalized spacial score (nSPS) is 16.8. The first-order valence-corrected chi connectivity index (χ1v) is 7.18. The number of aryl methyl sites for hydroxylation is 1. The Bertz CT molecular complexity index is 360. The molecule has 1 N–H and O–H groups in total. The Morgan fingerprint density at radius 2 is 2.22 bits per heavy atom. The monoisotopic (exact) mass is 247 g/mol. The predicted molar refractivity (Wildman–Crippen MR) is 75.8 cm³/mol. The fourth-order valence-corrected chi connectivity index (χ4v) is 2.20. The van der Waals surface area contributed by atoms with Gasteiger partial charge in [-0.1, -0.05) is 49.6 Å². The molecule has 100 valence electrons. The van der Waals surface area contributed by atoms with Crippen molar-refractivity contribution >= 4 is 0 Å². The molecule has 0 amide bonds. The van der Waals surface area contributed by atoms with E-state index in [1.54, 1.807) is 0 Å². The minimum Gasteiger partial charge on any atom is -0.372 e. The molecule has 0 bridgehead atoms. The molecule has 0 heterocycles. The predicted octanol–water partition coefficient (Wildman–Crippen LogP) is 3.46. The summed E-state index contributed by atoms with van der Waals surface area (Å²) in [5, 5.41) is 3.40. The maximum Gasteiger partial charge on any atom is 0.0949 e. The lowest BCUT2D eigenvalue weighted by Crippen LogP contribution is -2.23. The molecule has 1 unspecified atom stereocenters. The third-order valence-electron chi connectivity index (χ3n) is 3.54. The van der Waals surface area contributed by atoms with E-state index in [9.17, 15) is 0 Å². The number of likely N-dealkylation sites (N-methyl/N-ethyl adjacent to an activating group) is 1. The number of nitrogens with one attached hydrogen (secondary N) is 1. The Morgan fingerprint density at radius 3 is 2.89 bits per heavy atom. The first kappa shape index (κ1) is 13.6. The Hall–Kier alpha value is -0.860. The lowest BCUT2D eigenvalue weighted by atomic mass is 10.1. The van der Waals surface area contributed by atoms with Gasteiger partial charge in [-0.15, -0.1) is 0 Å². The molecule has 1 atom stereocenters. The van der Waals surface area contributed by atoms with Gasteiger partial charge in [0.25, 0.3) is 0 Å². The zero-order valence-corrected chi connectivity index (χ0v) is 11.6. The van der Waals surface area contributed by atoms with Crippen molar-refractivity contribution in [3.63, 3.8) is 0 Å². The molecule has 1 aromatic carbocycles. The van der Waals surface area contributed by atoms with Crippen molar-refractivity contribution in [3.05, 3.63) is 35.4 Å². The van der Waals surface area contributed by atoms with Gasteiger partial charge in [0, 0.05) is 13.2 Å². The second kappa shape index (κ2) is 6.91. The molecular formula is C16H25NO. The van der Waals surface area contributed by atoms with Gasteiger partial charge in [-0.2, -0.15) is 0 Å². The summed E-state index contributed by atoms with van der Waals surface area (Å²) in [5.41, 5.74) is 2.60. The summed E-state index contributed by atoms with van der Waals surface area (Å²) < 4.78 is 6.07. The average molecular weight is 247 g/mol. The van der Waals surface area contributed by atoms with Gasteiger partial charge in [-0.25, -0.2) is 0 Å². The van der Waals surface area contributed by atoms with Crippen LogP contribution in [-0.2, 0) is 4.74 Å². The minimum absolute atomic E-state index is 0.198. The second-order valence-electron chi connectivity index (χ2n) is 5.31. The van der Waals surface area contributed by atoms with Crippen LogP contribution in [0.5, 0.6) is 0 Å². The standard InChI is InChI=1S/C16H25NO/c1-3-17-12-16(18-10-9-14-7-8-14)15-6-4-5-13(2)11-15/h4-6,11,14,16-17H,3,7-10,12H2,1-2H3. The van der Waals surface area contributed by atoms with Gasteiger partial charge in [-0.3, -0.25) is 0 Å². The molecule has 2 heteroatoms. The fourth-order valence-electron chi connectivity index (χ4n) is 2.20. The lowest BCUT2D eigenvalue weighted by molar-refractivity contribution is 0.0489. The zero-order chi connectivity index (χ0) is 12.8. The summed E-state index contributed by atoms with van der Waals surface area (Å²) in [6.45, 7) is 7.07. The smallest absolute Gasteiger partial charge is 0.0949 e. The van der Waals surface area contributed by atoms with E-state index in [1.165, 1.54) is 30.4 Å². The van der Waals surface area contributed by atoms with E-state index >= 15 is 0 Å². The highest BCUT2D eigenvalue weighted by atomic mass is 16.5. The number of ether oxygens (including phenoxy) is 1. The zero-order valence-electron chi connectivity index (χ0n) is 11.6. The average Bonchev–Trinajstić information content (AvgIpc) is 3.17. The van der Waals surface area contributed by atoms with Gasteiger partial charge >= 0.3 is 0 Å². The third-order valence-corrected chi connectivity index (χ3v) is 3.54. The summed E-state index contributed by atoms with van der Waals surface area (Å²) in [4.78, 5) is 0. The highest BCUT2D eigenvalue weighted by Gasteiger charge is 2.21. The first-order chi connectivity index (χ1) is 8.79. The Labute approximate surface area is 111 Å². The van der Waals surface area contributed by atoms with Crippen molar-refractivity contribution in [1.29, 1.82) is 0 Å². The molecule has 1 fully saturated rings. The van der Waals surface area contributed by atoms with Crippen LogP contribution in [0.1, 0.15) is 43.4 Å². The lowest BCUT2D eigenvalue weighted by Gasteiger charge is -2.19. The first-order valence-electron chi connectivity index (χ1n) is 7.18. The molecule has 0 saturated heterocycles. The van der Waals surface area contributed by atoms with Crippen LogP contribution in [0.25, 0.3) is 0 Å². The molecule has 0 aliphatic heterocycles. The third kappa shape index (κ3) is 4.43. The van der Waals surface area contributed by atoms with Gasteiger partial charge in [0.15, 0.2) is 0 Å². The van der Waals surface area contributed by atoms with Crippen LogP contribution < -0.4 is 5.32 Å². The molecule has 2 rings (SSSR count). The molecule has 1 aliphatic rings. The fraction of sp³-hybridized carbons (Fsp3) is 0.625. The second-order valence-corrected chi connectivity index (χ2v) is 5.31. The summed E-state index contributed by atoms with van der Waals surface area (Å²) >= 11 is 0. The minimum atomic E-state index is 0.198. The molecule has 0 spiro atoms. The number of hydrogen-bond acceptors (Lipinski definition) is 2. The van der Waals surface area contributed by atoms with Crippen LogP contribution in [-0.4, -0.2) is 19.7 Å². The topological polar surface area (TPSA) is 21.3 Å². The molecular weight excluding hydrogens is 222 g/mol. The van der Waals surface area contributed by atoms with Gasteiger partial charge in [0.05, 0.1) is 6.10 Å². The summed E-state index contributed by atoms with van der Waals surface area (Å²) in [6, 6.07) is 8.66. The Balaban J connectivity index is 1.89. The summed E-state index contributed by atoms with van der Waals surface area (Å²) in [6.07, 6.45) is 4.25. The Kier molecular flexibility index (Phi) is 5.21. The summed E-state index contributed by atoms with van der Waals surface area (Å²) in [7, 11) is 0.